The van der Waals surface area contributed by atoms with Crippen LogP contribution in [0.3, 0.4) is 0 Å². The van der Waals surface area contributed by atoms with Crippen LogP contribution in [-0.4, -0.2) is 23.2 Å². The lowest BCUT2D eigenvalue weighted by molar-refractivity contribution is 0.102. The molecule has 1 aromatic heterocycles. The molecule has 0 unspecified atom stereocenters. The number of benzene rings is 1. The van der Waals surface area contributed by atoms with E-state index in [1.807, 2.05) is 6.07 Å². The fourth-order valence-electron chi connectivity index (χ4n) is 1.76. The Bertz CT molecular complexity index is 659. The summed E-state index contributed by atoms with van der Waals surface area (Å²) in [4.78, 5) is 12.3. The Hall–Kier alpha value is -1.82. The zero-order valence-corrected chi connectivity index (χ0v) is 14.0. The maximum atomic E-state index is 12.3. The van der Waals surface area contributed by atoms with E-state index in [4.69, 9.17) is 4.74 Å². The van der Waals surface area contributed by atoms with E-state index < -0.39 is 0 Å². The third kappa shape index (κ3) is 3.64. The van der Waals surface area contributed by atoms with Gasteiger partial charge in [0.2, 0.25) is 0 Å². The highest BCUT2D eigenvalue weighted by Crippen LogP contribution is 2.25. The number of carbonyl (C=O) groups is 1. The van der Waals surface area contributed by atoms with E-state index in [-0.39, 0.29) is 11.3 Å². The molecular formula is C15H18BrN3O2. The lowest BCUT2D eigenvalue weighted by Gasteiger charge is -2.14. The number of hydrogen-bond donors (Lipinski definition) is 2. The minimum atomic E-state index is -0.243. The normalized spacial score (nSPS) is 11.3. The largest absolute Gasteiger partial charge is 0.497 e. The molecule has 1 heterocycles. The molecule has 0 atom stereocenters. The third-order valence-electron chi connectivity index (χ3n) is 3.05. The molecule has 0 bridgehead atoms. The van der Waals surface area contributed by atoms with Crippen molar-refractivity contribution in [2.45, 2.75) is 26.2 Å². The molecule has 2 rings (SSSR count). The molecule has 1 aromatic carbocycles. The van der Waals surface area contributed by atoms with Gasteiger partial charge in [0.15, 0.2) is 5.82 Å². The Morgan fingerprint density at radius 2 is 2.05 bits per heavy atom. The van der Waals surface area contributed by atoms with Crippen molar-refractivity contribution < 1.29 is 9.53 Å². The number of nitrogens with zero attached hydrogens (tertiary/aromatic N) is 1. The molecule has 0 radical (unpaired) electrons. The van der Waals surface area contributed by atoms with Crippen LogP contribution in [0.15, 0.2) is 28.7 Å². The fourth-order valence-corrected chi connectivity index (χ4v) is 2.19. The Morgan fingerprint density at radius 3 is 2.62 bits per heavy atom. The van der Waals surface area contributed by atoms with Crippen molar-refractivity contribution in [2.24, 2.45) is 0 Å². The Kier molecular flexibility index (Phi) is 4.37. The van der Waals surface area contributed by atoms with Crippen molar-refractivity contribution >= 4 is 27.7 Å². The summed E-state index contributed by atoms with van der Waals surface area (Å²) in [5.41, 5.74) is 1.41. The molecule has 112 valence electrons. The number of H-pyrrole nitrogens is 1. The molecular weight excluding hydrogens is 334 g/mol. The first-order valence-electron chi connectivity index (χ1n) is 6.52. The second-order valence-electron chi connectivity index (χ2n) is 5.72. The van der Waals surface area contributed by atoms with Crippen LogP contribution in [0.1, 0.15) is 36.8 Å². The molecule has 2 N–H and O–H groups in total. The number of methoxy groups -OCH3 is 1. The van der Waals surface area contributed by atoms with Gasteiger partial charge in [-0.3, -0.25) is 9.89 Å². The van der Waals surface area contributed by atoms with Gasteiger partial charge in [0, 0.05) is 21.6 Å². The van der Waals surface area contributed by atoms with Crippen LogP contribution in [-0.2, 0) is 5.41 Å². The minimum Gasteiger partial charge on any atom is -0.497 e. The van der Waals surface area contributed by atoms with Crippen molar-refractivity contribution in [1.82, 2.24) is 10.2 Å². The van der Waals surface area contributed by atoms with Gasteiger partial charge >= 0.3 is 0 Å². The van der Waals surface area contributed by atoms with Gasteiger partial charge in [0.25, 0.3) is 5.91 Å². The van der Waals surface area contributed by atoms with Crippen LogP contribution in [0, 0.1) is 0 Å². The van der Waals surface area contributed by atoms with Gasteiger partial charge in [-0.05, 0) is 34.1 Å². The molecule has 2 aromatic rings. The van der Waals surface area contributed by atoms with E-state index in [0.29, 0.717) is 21.6 Å². The summed E-state index contributed by atoms with van der Waals surface area (Å²) in [7, 11) is 1.56. The van der Waals surface area contributed by atoms with Crippen molar-refractivity contribution in [3.63, 3.8) is 0 Å². The minimum absolute atomic E-state index is 0.0491. The molecule has 1 amide bonds. The van der Waals surface area contributed by atoms with Crippen molar-refractivity contribution in [3.05, 3.63) is 40.0 Å². The number of aromatic nitrogens is 2. The SMILES string of the molecule is COc1ccc(Br)c(C(=O)Nc2cc(C(C)(C)C)[nH]n2)c1. The van der Waals surface area contributed by atoms with E-state index >= 15 is 0 Å². The predicted molar refractivity (Wildman–Crippen MR) is 85.9 cm³/mol. The number of aromatic amines is 1. The van der Waals surface area contributed by atoms with Crippen LogP contribution in [0.2, 0.25) is 0 Å². The zero-order chi connectivity index (χ0) is 15.6. The standard InChI is InChI=1S/C15H18BrN3O2/c1-15(2,3)12-8-13(19-18-12)17-14(20)10-7-9(21-4)5-6-11(10)16/h5-8H,1-4H3,(H2,17,18,19,20). The molecule has 5 nitrogen and oxygen atoms in total. The summed E-state index contributed by atoms with van der Waals surface area (Å²) in [5, 5.41) is 9.83. The first-order valence-corrected chi connectivity index (χ1v) is 7.31. The Balaban J connectivity index is 2.20. The van der Waals surface area contributed by atoms with E-state index in [1.165, 1.54) is 0 Å². The lowest BCUT2D eigenvalue weighted by Crippen LogP contribution is -2.13. The summed E-state index contributed by atoms with van der Waals surface area (Å²) >= 11 is 3.37. The fraction of sp³-hybridized carbons (Fsp3) is 0.333. The van der Waals surface area contributed by atoms with Gasteiger partial charge in [-0.15, -0.1) is 0 Å². The summed E-state index contributed by atoms with van der Waals surface area (Å²) in [5.74, 6) is 0.883. The monoisotopic (exact) mass is 351 g/mol. The molecule has 0 aliphatic rings. The van der Waals surface area contributed by atoms with Gasteiger partial charge in [-0.25, -0.2) is 0 Å². The summed E-state index contributed by atoms with van der Waals surface area (Å²) in [6.45, 7) is 6.22. The molecule has 0 spiro atoms. The number of rotatable bonds is 3. The third-order valence-corrected chi connectivity index (χ3v) is 3.74. The Morgan fingerprint density at radius 1 is 1.33 bits per heavy atom. The topological polar surface area (TPSA) is 67.0 Å². The van der Waals surface area contributed by atoms with E-state index in [0.717, 1.165) is 5.69 Å². The van der Waals surface area contributed by atoms with Gasteiger partial charge in [-0.1, -0.05) is 20.8 Å². The molecule has 0 aliphatic heterocycles. The van der Waals surface area contributed by atoms with Gasteiger partial charge in [0.05, 0.1) is 12.7 Å². The summed E-state index contributed by atoms with van der Waals surface area (Å²) < 4.78 is 5.84. The number of halogens is 1. The number of anilines is 1. The number of carbonyl (C=O) groups excluding carboxylic acids is 1. The highest BCUT2D eigenvalue weighted by molar-refractivity contribution is 9.10. The smallest absolute Gasteiger partial charge is 0.258 e. The molecule has 0 aliphatic carbocycles. The average molecular weight is 352 g/mol. The van der Waals surface area contributed by atoms with Crippen LogP contribution in [0.25, 0.3) is 0 Å². The highest BCUT2D eigenvalue weighted by Gasteiger charge is 2.18. The van der Waals surface area contributed by atoms with E-state index in [1.54, 1.807) is 25.3 Å². The first-order chi connectivity index (χ1) is 9.81. The van der Waals surface area contributed by atoms with Crippen molar-refractivity contribution in [2.75, 3.05) is 12.4 Å². The molecule has 6 heteroatoms. The Labute approximate surface area is 132 Å². The maximum absolute atomic E-state index is 12.3. The van der Waals surface area contributed by atoms with Crippen LogP contribution in [0.4, 0.5) is 5.82 Å². The average Bonchev–Trinajstić information content (AvgIpc) is 2.87. The lowest BCUT2D eigenvalue weighted by atomic mass is 9.92. The van der Waals surface area contributed by atoms with Gasteiger partial charge < -0.3 is 10.1 Å². The molecule has 0 fully saturated rings. The van der Waals surface area contributed by atoms with Gasteiger partial charge in [-0.2, -0.15) is 5.10 Å². The van der Waals surface area contributed by atoms with E-state index in [2.05, 4.69) is 52.2 Å². The summed E-state index contributed by atoms with van der Waals surface area (Å²) in [6, 6.07) is 7.08. The number of ether oxygens (including phenoxy) is 1. The molecule has 0 saturated carbocycles. The first kappa shape index (κ1) is 15.6. The van der Waals surface area contributed by atoms with Crippen LogP contribution in [0.5, 0.6) is 5.75 Å². The van der Waals surface area contributed by atoms with E-state index in [9.17, 15) is 4.79 Å². The van der Waals surface area contributed by atoms with Gasteiger partial charge in [0.1, 0.15) is 5.75 Å². The quantitative estimate of drug-likeness (QED) is 0.885. The molecule has 21 heavy (non-hydrogen) atoms. The maximum Gasteiger partial charge on any atom is 0.258 e. The van der Waals surface area contributed by atoms with Crippen LogP contribution >= 0.6 is 15.9 Å². The zero-order valence-electron chi connectivity index (χ0n) is 12.5. The predicted octanol–water partition coefficient (Wildman–Crippen LogP) is 3.73. The highest BCUT2D eigenvalue weighted by atomic mass is 79.9. The number of nitrogens with one attached hydrogen (secondary N) is 2. The second kappa shape index (κ2) is 5.89. The number of hydrogen-bond acceptors (Lipinski definition) is 3. The second-order valence-corrected chi connectivity index (χ2v) is 6.57. The molecule has 0 saturated heterocycles. The summed E-state index contributed by atoms with van der Waals surface area (Å²) in [6.07, 6.45) is 0. The van der Waals surface area contributed by atoms with Crippen molar-refractivity contribution in [1.29, 1.82) is 0 Å². The number of amides is 1. The van der Waals surface area contributed by atoms with Crippen LogP contribution < -0.4 is 10.1 Å². The van der Waals surface area contributed by atoms with Crippen molar-refractivity contribution in [3.8, 4) is 5.75 Å².